The third-order valence-corrected chi connectivity index (χ3v) is 4.92. The summed E-state index contributed by atoms with van der Waals surface area (Å²) in [5.41, 5.74) is 1.04. The molecule has 2 aliphatic heterocycles. The summed E-state index contributed by atoms with van der Waals surface area (Å²) in [4.78, 5) is 34.8. The van der Waals surface area contributed by atoms with Crippen molar-refractivity contribution in [2.75, 3.05) is 18.4 Å². The predicted octanol–water partition coefficient (Wildman–Crippen LogP) is 2.11. The van der Waals surface area contributed by atoms with E-state index >= 15 is 0 Å². The van der Waals surface area contributed by atoms with Crippen molar-refractivity contribution in [2.45, 2.75) is 31.3 Å². The number of amides is 2. The summed E-state index contributed by atoms with van der Waals surface area (Å²) in [5.74, 6) is -1.45. The van der Waals surface area contributed by atoms with Gasteiger partial charge in [-0.1, -0.05) is 0 Å². The van der Waals surface area contributed by atoms with E-state index in [1.165, 1.54) is 18.2 Å². The molecule has 3 heterocycles. The van der Waals surface area contributed by atoms with Gasteiger partial charge in [0.1, 0.15) is 11.9 Å². The van der Waals surface area contributed by atoms with Gasteiger partial charge < -0.3 is 15.0 Å². The van der Waals surface area contributed by atoms with Crippen LogP contribution in [-0.4, -0.2) is 45.9 Å². The Kier molecular flexibility index (Phi) is 4.70. The van der Waals surface area contributed by atoms with Crippen LogP contribution < -0.4 is 10.1 Å². The Morgan fingerprint density at radius 3 is 2.70 bits per heavy atom. The van der Waals surface area contributed by atoms with Crippen molar-refractivity contribution in [3.8, 4) is 6.01 Å². The number of carbonyl (C=O) groups excluding carboxylic acids is 2. The van der Waals surface area contributed by atoms with Gasteiger partial charge in [0.05, 0.1) is 5.92 Å². The summed E-state index contributed by atoms with van der Waals surface area (Å²) >= 11 is 0. The smallest absolute Gasteiger partial charge is 0.316 e. The van der Waals surface area contributed by atoms with Gasteiger partial charge in [-0.15, -0.1) is 0 Å². The summed E-state index contributed by atoms with van der Waals surface area (Å²) in [6.45, 7) is 1.03. The van der Waals surface area contributed by atoms with Crippen LogP contribution in [0.3, 0.4) is 0 Å². The van der Waals surface area contributed by atoms with Gasteiger partial charge >= 0.3 is 6.01 Å². The Hall–Kier alpha value is -3.03. The summed E-state index contributed by atoms with van der Waals surface area (Å²) in [6, 6.07) is 6.16. The molecule has 2 aliphatic rings. The minimum Gasteiger partial charge on any atom is -0.460 e. The maximum atomic E-state index is 13.7. The zero-order chi connectivity index (χ0) is 18.8. The highest BCUT2D eigenvalue weighted by Gasteiger charge is 2.35. The lowest BCUT2D eigenvalue weighted by atomic mass is 9.88. The first-order valence-corrected chi connectivity index (χ1v) is 8.92. The molecule has 0 saturated carbocycles. The number of rotatable bonds is 3. The predicted molar refractivity (Wildman–Crippen MR) is 94.6 cm³/mol. The average Bonchev–Trinajstić information content (AvgIpc) is 2.68. The van der Waals surface area contributed by atoms with E-state index in [0.717, 1.165) is 0 Å². The monoisotopic (exact) mass is 370 g/mol. The first-order valence-electron chi connectivity index (χ1n) is 8.92. The van der Waals surface area contributed by atoms with Crippen LogP contribution in [0.15, 0.2) is 36.7 Å². The summed E-state index contributed by atoms with van der Waals surface area (Å²) in [5, 5.41) is 2.70. The van der Waals surface area contributed by atoms with Gasteiger partial charge in [-0.3, -0.25) is 9.59 Å². The maximum Gasteiger partial charge on any atom is 0.316 e. The highest BCUT2D eigenvalue weighted by molar-refractivity contribution is 6.01. The van der Waals surface area contributed by atoms with Gasteiger partial charge in [0.2, 0.25) is 11.8 Å². The number of hydrogen-bond acceptors (Lipinski definition) is 5. The van der Waals surface area contributed by atoms with Crippen molar-refractivity contribution in [1.82, 2.24) is 14.9 Å². The van der Waals surface area contributed by atoms with E-state index in [9.17, 15) is 14.0 Å². The fraction of sp³-hybridized carbons (Fsp3) is 0.368. The van der Waals surface area contributed by atoms with Crippen LogP contribution in [0, 0.1) is 5.82 Å². The second-order valence-electron chi connectivity index (χ2n) is 6.71. The molecule has 0 aliphatic carbocycles. The normalized spacial score (nSPS) is 20.0. The molecule has 1 saturated heterocycles. The van der Waals surface area contributed by atoms with E-state index in [1.54, 1.807) is 23.4 Å². The number of nitrogens with one attached hydrogen (secondary N) is 1. The van der Waals surface area contributed by atoms with Crippen molar-refractivity contribution in [1.29, 1.82) is 0 Å². The van der Waals surface area contributed by atoms with Gasteiger partial charge in [-0.05, 0) is 29.8 Å². The number of nitrogens with zero attached hydrogens (tertiary/aromatic N) is 3. The minimum atomic E-state index is -0.653. The molecule has 8 heteroatoms. The third kappa shape index (κ3) is 3.74. The number of carbonyl (C=O) groups is 2. The number of ether oxygens (including phenoxy) is 1. The Morgan fingerprint density at radius 2 is 1.96 bits per heavy atom. The zero-order valence-corrected chi connectivity index (χ0v) is 14.6. The molecule has 1 unspecified atom stereocenters. The van der Waals surface area contributed by atoms with Crippen molar-refractivity contribution in [3.05, 3.63) is 48.0 Å². The fourth-order valence-electron chi connectivity index (χ4n) is 3.56. The molecule has 0 spiro atoms. The number of piperidine rings is 1. The van der Waals surface area contributed by atoms with Crippen molar-refractivity contribution >= 4 is 17.5 Å². The summed E-state index contributed by atoms with van der Waals surface area (Å²) in [7, 11) is 0. The number of benzene rings is 1. The SMILES string of the molecule is O=C1CC(C(=O)N2CCC(Oc3ncccn3)CC2)c2cc(F)ccc2N1. The van der Waals surface area contributed by atoms with Gasteiger partial charge in [0, 0.05) is 50.4 Å². The highest BCUT2D eigenvalue weighted by Crippen LogP contribution is 2.34. The maximum absolute atomic E-state index is 13.7. The van der Waals surface area contributed by atoms with E-state index in [4.69, 9.17) is 4.74 Å². The van der Waals surface area contributed by atoms with Crippen LogP contribution >= 0.6 is 0 Å². The topological polar surface area (TPSA) is 84.4 Å². The van der Waals surface area contributed by atoms with E-state index in [-0.39, 0.29) is 24.3 Å². The van der Waals surface area contributed by atoms with Crippen LogP contribution in [0.25, 0.3) is 0 Å². The number of hydrogen-bond donors (Lipinski definition) is 1. The Balaban J connectivity index is 1.42. The quantitative estimate of drug-likeness (QED) is 0.895. The molecule has 27 heavy (non-hydrogen) atoms. The molecule has 0 radical (unpaired) electrons. The largest absolute Gasteiger partial charge is 0.460 e. The minimum absolute atomic E-state index is 0.0313. The standard InChI is InChI=1S/C19H19FN4O3/c20-12-2-3-16-14(10-12)15(11-17(25)23-16)18(26)24-8-4-13(5-9-24)27-19-21-6-1-7-22-19/h1-3,6-7,10,13,15H,4-5,8-9,11H2,(H,23,25). The van der Waals surface area contributed by atoms with Crippen molar-refractivity contribution < 1.29 is 18.7 Å². The van der Waals surface area contributed by atoms with Gasteiger partial charge in [-0.25, -0.2) is 14.4 Å². The molecule has 1 N–H and O–H groups in total. The first kappa shape index (κ1) is 17.4. The van der Waals surface area contributed by atoms with Gasteiger partial charge in [0.15, 0.2) is 0 Å². The van der Waals surface area contributed by atoms with E-state index in [2.05, 4.69) is 15.3 Å². The lowest BCUT2D eigenvalue weighted by Crippen LogP contribution is -2.45. The molecule has 0 bridgehead atoms. The molecule has 2 amide bonds. The average molecular weight is 370 g/mol. The number of halogens is 1. The lowest BCUT2D eigenvalue weighted by molar-refractivity contribution is -0.136. The van der Waals surface area contributed by atoms with Crippen LogP contribution in [0.4, 0.5) is 10.1 Å². The van der Waals surface area contributed by atoms with Crippen LogP contribution in [-0.2, 0) is 9.59 Å². The molecule has 2 aromatic rings. The van der Waals surface area contributed by atoms with Gasteiger partial charge in [-0.2, -0.15) is 0 Å². The number of fused-ring (bicyclic) bond motifs is 1. The second-order valence-corrected chi connectivity index (χ2v) is 6.71. The van der Waals surface area contributed by atoms with E-state index in [1.807, 2.05) is 0 Å². The fourth-order valence-corrected chi connectivity index (χ4v) is 3.56. The molecule has 1 atom stereocenters. The molecular weight excluding hydrogens is 351 g/mol. The van der Waals surface area contributed by atoms with Crippen molar-refractivity contribution in [3.63, 3.8) is 0 Å². The summed E-state index contributed by atoms with van der Waals surface area (Å²) < 4.78 is 19.4. The Bertz CT molecular complexity index is 853. The van der Waals surface area contributed by atoms with Crippen molar-refractivity contribution in [2.24, 2.45) is 0 Å². The van der Waals surface area contributed by atoms with Crippen LogP contribution in [0.1, 0.15) is 30.7 Å². The Labute approximate surface area is 155 Å². The molecule has 1 fully saturated rings. The molecular formula is C19H19FN4O3. The van der Waals surface area contributed by atoms with Crippen LogP contribution in [0.2, 0.25) is 0 Å². The van der Waals surface area contributed by atoms with Crippen LogP contribution in [0.5, 0.6) is 6.01 Å². The second kappa shape index (κ2) is 7.30. The lowest BCUT2D eigenvalue weighted by Gasteiger charge is -2.35. The zero-order valence-electron chi connectivity index (χ0n) is 14.6. The number of anilines is 1. The summed E-state index contributed by atoms with van der Waals surface area (Å²) in [6.07, 6.45) is 4.51. The molecule has 1 aromatic heterocycles. The van der Waals surface area contributed by atoms with Gasteiger partial charge in [0.25, 0.3) is 0 Å². The number of likely N-dealkylation sites (tertiary alicyclic amines) is 1. The molecule has 7 nitrogen and oxygen atoms in total. The first-order chi connectivity index (χ1) is 13.1. The Morgan fingerprint density at radius 1 is 1.22 bits per heavy atom. The molecule has 1 aromatic carbocycles. The highest BCUT2D eigenvalue weighted by atomic mass is 19.1. The number of aromatic nitrogens is 2. The molecule has 140 valence electrons. The van der Waals surface area contributed by atoms with E-state index < -0.39 is 11.7 Å². The van der Waals surface area contributed by atoms with E-state index in [0.29, 0.717) is 43.2 Å². The molecule has 4 rings (SSSR count). The third-order valence-electron chi connectivity index (χ3n) is 4.92.